The molecule has 2 unspecified atom stereocenters. The van der Waals surface area contributed by atoms with E-state index in [4.69, 9.17) is 0 Å². The van der Waals surface area contributed by atoms with Gasteiger partial charge in [0.25, 0.3) is 5.91 Å². The summed E-state index contributed by atoms with van der Waals surface area (Å²) in [7, 11) is 0. The largest absolute Gasteiger partial charge is 0.507 e. The van der Waals surface area contributed by atoms with Crippen molar-refractivity contribution in [3.63, 3.8) is 0 Å². The van der Waals surface area contributed by atoms with Crippen LogP contribution in [0.5, 0.6) is 5.75 Å². The Morgan fingerprint density at radius 1 is 1.40 bits per heavy atom. The number of likely N-dealkylation sites (tertiary alicyclic amines) is 1. The maximum atomic E-state index is 12.4. The van der Waals surface area contributed by atoms with Crippen molar-refractivity contribution in [3.05, 3.63) is 28.2 Å². The molecular weight excluding hydrogens is 326 g/mol. The first kappa shape index (κ1) is 14.8. The van der Waals surface area contributed by atoms with E-state index >= 15 is 0 Å². The zero-order chi connectivity index (χ0) is 14.9. The molecule has 20 heavy (non-hydrogen) atoms. The molecule has 1 amide bonds. The lowest BCUT2D eigenvalue weighted by molar-refractivity contribution is -0.144. The van der Waals surface area contributed by atoms with Crippen LogP contribution >= 0.6 is 15.9 Å². The Kier molecular flexibility index (Phi) is 4.32. The van der Waals surface area contributed by atoms with Crippen LogP contribution in [0.3, 0.4) is 0 Å². The van der Waals surface area contributed by atoms with Gasteiger partial charge in [0, 0.05) is 12.1 Å². The zero-order valence-electron chi connectivity index (χ0n) is 11.0. The van der Waals surface area contributed by atoms with E-state index in [-0.39, 0.29) is 11.7 Å². The van der Waals surface area contributed by atoms with Gasteiger partial charge in [-0.1, -0.05) is 6.92 Å². The maximum Gasteiger partial charge on any atom is 0.326 e. The van der Waals surface area contributed by atoms with E-state index in [1.807, 2.05) is 6.92 Å². The molecule has 1 saturated heterocycles. The van der Waals surface area contributed by atoms with E-state index in [0.717, 1.165) is 6.42 Å². The molecule has 0 radical (unpaired) electrons. The number of rotatable bonds is 2. The summed E-state index contributed by atoms with van der Waals surface area (Å²) in [6.07, 6.45) is 1.25. The summed E-state index contributed by atoms with van der Waals surface area (Å²) < 4.78 is 0.496. The summed E-state index contributed by atoms with van der Waals surface area (Å²) >= 11 is 3.15. The third-order valence-electron chi connectivity index (χ3n) is 3.60. The second-order valence-electron chi connectivity index (χ2n) is 5.15. The van der Waals surface area contributed by atoms with E-state index in [9.17, 15) is 19.8 Å². The Hall–Kier alpha value is -1.56. The lowest BCUT2D eigenvalue weighted by Gasteiger charge is -2.36. The number of carboxylic acids is 1. The molecule has 1 fully saturated rings. The van der Waals surface area contributed by atoms with Crippen LogP contribution in [-0.4, -0.2) is 39.6 Å². The summed E-state index contributed by atoms with van der Waals surface area (Å²) in [6, 6.07) is 3.70. The van der Waals surface area contributed by atoms with Crippen molar-refractivity contribution < 1.29 is 19.8 Å². The van der Waals surface area contributed by atoms with Gasteiger partial charge in [-0.2, -0.15) is 0 Å². The zero-order valence-corrected chi connectivity index (χ0v) is 12.6. The van der Waals surface area contributed by atoms with Crippen LogP contribution in [0.15, 0.2) is 22.7 Å². The third-order valence-corrected chi connectivity index (χ3v) is 4.27. The average Bonchev–Trinajstić information content (AvgIpc) is 2.41. The molecule has 2 atom stereocenters. The molecule has 1 aromatic carbocycles. The molecule has 2 N–H and O–H groups in total. The molecule has 2 rings (SSSR count). The topological polar surface area (TPSA) is 77.8 Å². The lowest BCUT2D eigenvalue weighted by atomic mass is 9.92. The smallest absolute Gasteiger partial charge is 0.326 e. The maximum absolute atomic E-state index is 12.4. The molecule has 1 aliphatic rings. The minimum absolute atomic E-state index is 0.0342. The summed E-state index contributed by atoms with van der Waals surface area (Å²) in [5, 5.41) is 18.9. The average molecular weight is 342 g/mol. The molecule has 0 saturated carbocycles. The second-order valence-corrected chi connectivity index (χ2v) is 6.00. The molecular formula is C14H16BrNO4. The molecule has 108 valence electrons. The number of aromatic hydroxyl groups is 1. The van der Waals surface area contributed by atoms with Crippen LogP contribution in [0.2, 0.25) is 0 Å². The fourth-order valence-corrected chi connectivity index (χ4v) is 2.68. The van der Waals surface area contributed by atoms with Crippen LogP contribution in [0.1, 0.15) is 30.1 Å². The number of carboxylic acid groups (broad SMARTS) is 1. The van der Waals surface area contributed by atoms with Gasteiger partial charge in [0.15, 0.2) is 0 Å². The Balaban J connectivity index is 2.26. The van der Waals surface area contributed by atoms with Crippen molar-refractivity contribution in [1.29, 1.82) is 0 Å². The molecule has 1 aromatic rings. The van der Waals surface area contributed by atoms with Crippen LogP contribution < -0.4 is 0 Å². The van der Waals surface area contributed by atoms with Crippen LogP contribution in [0, 0.1) is 5.92 Å². The highest BCUT2D eigenvalue weighted by Crippen LogP contribution is 2.28. The van der Waals surface area contributed by atoms with Gasteiger partial charge in [-0.05, 0) is 52.9 Å². The first-order valence-corrected chi connectivity index (χ1v) is 7.21. The van der Waals surface area contributed by atoms with Gasteiger partial charge >= 0.3 is 5.97 Å². The number of carbonyl (C=O) groups is 2. The Labute approximate surface area is 125 Å². The number of nitrogens with zero attached hydrogens (tertiary/aromatic N) is 1. The molecule has 0 bridgehead atoms. The first-order chi connectivity index (χ1) is 9.40. The van der Waals surface area contributed by atoms with Crippen molar-refractivity contribution in [2.45, 2.75) is 25.8 Å². The van der Waals surface area contributed by atoms with E-state index < -0.39 is 12.0 Å². The molecule has 0 aliphatic carbocycles. The number of hydrogen-bond donors (Lipinski definition) is 2. The van der Waals surface area contributed by atoms with Gasteiger partial charge in [-0.15, -0.1) is 0 Å². The van der Waals surface area contributed by atoms with Crippen molar-refractivity contribution in [1.82, 2.24) is 4.90 Å². The number of piperidine rings is 1. The standard InChI is InChI=1S/C14H16BrNO4/c1-8-4-5-16(11(6-8)14(19)20)13(18)9-2-3-10(15)12(17)7-9/h2-3,7-8,11,17H,4-6H2,1H3,(H,19,20). The number of aliphatic carboxylic acids is 1. The van der Waals surface area contributed by atoms with Crippen molar-refractivity contribution in [3.8, 4) is 5.75 Å². The minimum atomic E-state index is -0.980. The lowest BCUT2D eigenvalue weighted by Crippen LogP contribution is -2.49. The number of phenolic OH excluding ortho intramolecular Hbond substituents is 1. The van der Waals surface area contributed by atoms with Crippen molar-refractivity contribution >= 4 is 27.8 Å². The van der Waals surface area contributed by atoms with Crippen molar-refractivity contribution in [2.24, 2.45) is 5.92 Å². The first-order valence-electron chi connectivity index (χ1n) is 6.42. The quantitative estimate of drug-likeness (QED) is 0.866. The number of hydrogen-bond acceptors (Lipinski definition) is 3. The highest BCUT2D eigenvalue weighted by molar-refractivity contribution is 9.10. The summed E-state index contributed by atoms with van der Waals surface area (Å²) in [5.74, 6) is -1.08. The van der Waals surface area contributed by atoms with Gasteiger partial charge in [-0.25, -0.2) is 4.79 Å². The predicted octanol–water partition coefficient (Wildman–Crippen LogP) is 2.48. The molecule has 0 spiro atoms. The van der Waals surface area contributed by atoms with E-state index in [2.05, 4.69) is 15.9 Å². The van der Waals surface area contributed by atoms with Crippen LogP contribution in [0.4, 0.5) is 0 Å². The molecule has 6 heteroatoms. The van der Waals surface area contributed by atoms with Gasteiger partial charge in [0.2, 0.25) is 0 Å². The number of benzene rings is 1. The highest BCUT2D eigenvalue weighted by Gasteiger charge is 2.35. The number of phenols is 1. The third kappa shape index (κ3) is 2.95. The number of amides is 1. The van der Waals surface area contributed by atoms with Gasteiger partial charge < -0.3 is 15.1 Å². The minimum Gasteiger partial charge on any atom is -0.507 e. The molecule has 1 aliphatic heterocycles. The Morgan fingerprint density at radius 2 is 2.10 bits per heavy atom. The Morgan fingerprint density at radius 3 is 2.70 bits per heavy atom. The van der Waals surface area contributed by atoms with Gasteiger partial charge in [0.05, 0.1) is 4.47 Å². The fourth-order valence-electron chi connectivity index (χ4n) is 2.43. The molecule has 1 heterocycles. The number of carbonyl (C=O) groups excluding carboxylic acids is 1. The van der Waals surface area contributed by atoms with E-state index in [1.54, 1.807) is 12.1 Å². The number of halogens is 1. The summed E-state index contributed by atoms with van der Waals surface area (Å²) in [6.45, 7) is 2.41. The Bertz CT molecular complexity index is 546. The second kappa shape index (κ2) is 5.83. The van der Waals surface area contributed by atoms with Crippen LogP contribution in [0.25, 0.3) is 0 Å². The van der Waals surface area contributed by atoms with Gasteiger partial charge in [-0.3, -0.25) is 4.79 Å². The van der Waals surface area contributed by atoms with Crippen LogP contribution in [-0.2, 0) is 4.79 Å². The predicted molar refractivity (Wildman–Crippen MR) is 76.7 cm³/mol. The monoisotopic (exact) mass is 341 g/mol. The SMILES string of the molecule is CC1CCN(C(=O)c2ccc(Br)c(O)c2)C(C(=O)O)C1. The highest BCUT2D eigenvalue weighted by atomic mass is 79.9. The normalized spacial score (nSPS) is 22.6. The summed E-state index contributed by atoms with van der Waals surface area (Å²) in [4.78, 5) is 25.1. The molecule has 5 nitrogen and oxygen atoms in total. The van der Waals surface area contributed by atoms with Crippen molar-refractivity contribution in [2.75, 3.05) is 6.54 Å². The van der Waals surface area contributed by atoms with E-state index in [0.29, 0.717) is 28.9 Å². The van der Waals surface area contributed by atoms with E-state index in [1.165, 1.54) is 11.0 Å². The summed E-state index contributed by atoms with van der Waals surface area (Å²) in [5.41, 5.74) is 0.298. The van der Waals surface area contributed by atoms with Gasteiger partial charge in [0.1, 0.15) is 11.8 Å². The molecule has 0 aromatic heterocycles. The fraction of sp³-hybridized carbons (Fsp3) is 0.429.